The Morgan fingerprint density at radius 1 is 0.449 bits per heavy atom. The maximum atomic E-state index is 12.7. The van der Waals surface area contributed by atoms with Gasteiger partial charge in [0.25, 0.3) is 0 Å². The monoisotopic (exact) mass is 992 g/mol. The third-order valence-electron chi connectivity index (χ3n) is 12.7. The number of carbonyl (C=O) groups is 2. The molecular weight excluding hydrogens is 882 g/mol. The van der Waals surface area contributed by atoms with Gasteiger partial charge < -0.3 is 20.1 Å². The van der Waals surface area contributed by atoms with E-state index in [1.807, 2.05) is 0 Å². The zero-order chi connectivity index (χ0) is 50.2. The molecule has 0 aromatic heterocycles. The normalized spacial score (nSPS) is 13.4. The summed E-state index contributed by atoms with van der Waals surface area (Å²) >= 11 is 0. The largest absolute Gasteiger partial charge is 0.472 e. The van der Waals surface area contributed by atoms with Gasteiger partial charge in [-0.3, -0.25) is 18.6 Å². The molecule has 69 heavy (non-hydrogen) atoms. The number of unbranched alkanes of at least 4 members (excludes halogenated alkanes) is 34. The molecule has 2 unspecified atom stereocenters. The second kappa shape index (κ2) is 55.3. The van der Waals surface area contributed by atoms with Crippen molar-refractivity contribution < 1.29 is 37.6 Å². The Bertz CT molecular complexity index is 1270. The van der Waals surface area contributed by atoms with Crippen LogP contribution in [0.3, 0.4) is 0 Å². The molecule has 0 aliphatic heterocycles. The van der Waals surface area contributed by atoms with Crippen molar-refractivity contribution in [3.8, 4) is 0 Å². The minimum Gasteiger partial charge on any atom is -0.462 e. The second-order valence-corrected chi connectivity index (χ2v) is 20.9. The van der Waals surface area contributed by atoms with Crippen molar-refractivity contribution in [1.29, 1.82) is 0 Å². The third-order valence-corrected chi connectivity index (χ3v) is 13.7. The van der Waals surface area contributed by atoms with Gasteiger partial charge in [0.2, 0.25) is 0 Å². The Kier molecular flexibility index (Phi) is 53.7. The number of phosphoric ester groups is 1. The van der Waals surface area contributed by atoms with Gasteiger partial charge in [0.1, 0.15) is 6.61 Å². The number of carbonyl (C=O) groups excluding carboxylic acids is 2. The van der Waals surface area contributed by atoms with Crippen molar-refractivity contribution in [3.05, 3.63) is 48.6 Å². The van der Waals surface area contributed by atoms with Crippen LogP contribution < -0.4 is 5.73 Å². The molecule has 0 amide bonds. The van der Waals surface area contributed by atoms with Crippen molar-refractivity contribution in [2.75, 3.05) is 26.4 Å². The topological polar surface area (TPSA) is 134 Å². The summed E-state index contributed by atoms with van der Waals surface area (Å²) in [4.78, 5) is 35.2. The summed E-state index contributed by atoms with van der Waals surface area (Å²) in [5.41, 5.74) is 5.38. The molecule has 0 saturated carbocycles. The number of rotatable bonds is 55. The van der Waals surface area contributed by atoms with E-state index in [1.165, 1.54) is 186 Å². The summed E-state index contributed by atoms with van der Waals surface area (Å²) in [6.07, 6.45) is 67.4. The van der Waals surface area contributed by atoms with Crippen LogP contribution in [0.1, 0.15) is 284 Å². The molecule has 0 radical (unpaired) electrons. The molecule has 0 rings (SSSR count). The average Bonchev–Trinajstić information content (AvgIpc) is 3.34. The van der Waals surface area contributed by atoms with Crippen LogP contribution >= 0.6 is 7.82 Å². The van der Waals surface area contributed by atoms with Crippen LogP contribution in [0.4, 0.5) is 0 Å². The van der Waals surface area contributed by atoms with Gasteiger partial charge in [-0.15, -0.1) is 0 Å². The van der Waals surface area contributed by atoms with Gasteiger partial charge >= 0.3 is 19.8 Å². The highest BCUT2D eigenvalue weighted by atomic mass is 31.2. The minimum absolute atomic E-state index is 0.0537. The molecule has 0 bridgehead atoms. The lowest BCUT2D eigenvalue weighted by molar-refractivity contribution is -0.161. The average molecular weight is 993 g/mol. The minimum atomic E-state index is -4.39. The van der Waals surface area contributed by atoms with Gasteiger partial charge in [-0.2, -0.15) is 0 Å². The standard InChI is InChI=1S/C59H110NO8P/c1-3-5-7-9-11-13-15-17-19-21-23-25-27-28-30-32-34-36-38-40-42-44-46-48-50-52-59(62)68-57(56-67-69(63,64)66-54-53-60)55-65-58(61)51-49-47-45-43-41-39-37-35-33-31-29-26-24-22-20-18-16-14-12-10-8-6-4-2/h5,7,11,13,17,19,23,25,57H,3-4,6,8-10,12,14-16,18,20-22,24,26-56,60H2,1-2H3,(H,63,64)/b7-5-,13-11-,19-17-,25-23-. The first-order valence-corrected chi connectivity index (χ1v) is 30.6. The van der Waals surface area contributed by atoms with Gasteiger partial charge in [0.15, 0.2) is 6.10 Å². The summed E-state index contributed by atoms with van der Waals surface area (Å²) in [7, 11) is -4.39. The number of esters is 2. The van der Waals surface area contributed by atoms with Crippen LogP contribution in [-0.4, -0.2) is 49.3 Å². The van der Waals surface area contributed by atoms with E-state index in [-0.39, 0.29) is 38.6 Å². The van der Waals surface area contributed by atoms with Gasteiger partial charge in [-0.25, -0.2) is 4.57 Å². The van der Waals surface area contributed by atoms with Gasteiger partial charge in [0, 0.05) is 19.4 Å². The number of hydrogen-bond donors (Lipinski definition) is 2. The van der Waals surface area contributed by atoms with E-state index in [1.54, 1.807) is 0 Å². The summed E-state index contributed by atoms with van der Waals surface area (Å²) in [5, 5.41) is 0. The number of ether oxygens (including phenoxy) is 2. The zero-order valence-corrected chi connectivity index (χ0v) is 45.9. The van der Waals surface area contributed by atoms with Crippen LogP contribution in [0.2, 0.25) is 0 Å². The van der Waals surface area contributed by atoms with Crippen molar-refractivity contribution in [3.63, 3.8) is 0 Å². The Morgan fingerprint density at radius 3 is 1.19 bits per heavy atom. The number of nitrogens with two attached hydrogens (primary N) is 1. The van der Waals surface area contributed by atoms with Crippen molar-refractivity contribution in [2.24, 2.45) is 5.73 Å². The lowest BCUT2D eigenvalue weighted by atomic mass is 10.0. The molecule has 0 spiro atoms. The molecular formula is C59H110NO8P. The third kappa shape index (κ3) is 55.1. The molecule has 3 N–H and O–H groups in total. The van der Waals surface area contributed by atoms with E-state index in [0.29, 0.717) is 6.42 Å². The highest BCUT2D eigenvalue weighted by Crippen LogP contribution is 2.43. The fraction of sp³-hybridized carbons (Fsp3) is 0.831. The smallest absolute Gasteiger partial charge is 0.462 e. The number of phosphoric acid groups is 1. The highest BCUT2D eigenvalue weighted by Gasteiger charge is 2.26. The summed E-state index contributed by atoms with van der Waals surface area (Å²) in [6, 6.07) is 0. The van der Waals surface area contributed by atoms with Gasteiger partial charge in [-0.05, 0) is 51.4 Å². The predicted octanol–water partition coefficient (Wildman–Crippen LogP) is 18.2. The Hall–Kier alpha value is -2.03. The molecule has 2 atom stereocenters. The Morgan fingerprint density at radius 2 is 0.797 bits per heavy atom. The molecule has 0 saturated heterocycles. The van der Waals surface area contributed by atoms with Gasteiger partial charge in [-0.1, -0.05) is 268 Å². The first-order chi connectivity index (χ1) is 33.8. The maximum Gasteiger partial charge on any atom is 0.472 e. The SMILES string of the molecule is CC/C=C\C/C=C\C/C=C\C/C=C\CCCCCCCCCCCCCCC(=O)OC(COC(=O)CCCCCCCCCCCCCCCCCCCCCCCCC)COP(=O)(O)OCCN. The number of hydrogen-bond acceptors (Lipinski definition) is 8. The zero-order valence-electron chi connectivity index (χ0n) is 45.1. The van der Waals surface area contributed by atoms with E-state index in [0.717, 1.165) is 64.2 Å². The first-order valence-electron chi connectivity index (χ1n) is 29.1. The van der Waals surface area contributed by atoms with Crippen LogP contribution in [0, 0.1) is 0 Å². The lowest BCUT2D eigenvalue weighted by Crippen LogP contribution is -2.29. The molecule has 10 heteroatoms. The molecule has 0 aliphatic carbocycles. The van der Waals surface area contributed by atoms with E-state index in [9.17, 15) is 19.0 Å². The highest BCUT2D eigenvalue weighted by molar-refractivity contribution is 7.47. The quantitative estimate of drug-likeness (QED) is 0.0264. The molecule has 404 valence electrons. The Balaban J connectivity index is 3.95. The van der Waals surface area contributed by atoms with Crippen LogP contribution in [0.5, 0.6) is 0 Å². The number of allylic oxidation sites excluding steroid dienone is 8. The molecule has 0 fully saturated rings. The van der Waals surface area contributed by atoms with Crippen molar-refractivity contribution >= 4 is 19.8 Å². The summed E-state index contributed by atoms with van der Waals surface area (Å²) in [5.74, 6) is -0.817. The van der Waals surface area contributed by atoms with Crippen molar-refractivity contribution in [1.82, 2.24) is 0 Å². The van der Waals surface area contributed by atoms with Crippen molar-refractivity contribution in [2.45, 2.75) is 290 Å². The lowest BCUT2D eigenvalue weighted by Gasteiger charge is -2.19. The summed E-state index contributed by atoms with van der Waals surface area (Å²) in [6.45, 7) is 3.68. The van der Waals surface area contributed by atoms with Crippen LogP contribution in [-0.2, 0) is 32.7 Å². The van der Waals surface area contributed by atoms with Gasteiger partial charge in [0.05, 0.1) is 13.2 Å². The second-order valence-electron chi connectivity index (χ2n) is 19.5. The van der Waals surface area contributed by atoms with E-state index in [4.69, 9.17) is 24.3 Å². The molecule has 0 aromatic rings. The fourth-order valence-electron chi connectivity index (χ4n) is 8.45. The first kappa shape index (κ1) is 67.0. The molecule has 0 aromatic carbocycles. The van der Waals surface area contributed by atoms with E-state index < -0.39 is 26.5 Å². The molecule has 9 nitrogen and oxygen atoms in total. The maximum absolute atomic E-state index is 12.7. The summed E-state index contributed by atoms with van der Waals surface area (Å²) < 4.78 is 33.1. The van der Waals surface area contributed by atoms with E-state index in [2.05, 4.69) is 62.5 Å². The Labute approximate surface area is 426 Å². The van der Waals surface area contributed by atoms with E-state index >= 15 is 0 Å². The predicted molar refractivity (Wildman–Crippen MR) is 293 cm³/mol. The molecule has 0 aliphatic rings. The molecule has 0 heterocycles. The van der Waals surface area contributed by atoms with Crippen LogP contribution in [0.25, 0.3) is 0 Å². The van der Waals surface area contributed by atoms with Crippen LogP contribution in [0.15, 0.2) is 48.6 Å². The fourth-order valence-corrected chi connectivity index (χ4v) is 9.22.